The molecule has 1 amide bonds. The first-order valence-electron chi connectivity index (χ1n) is 5.90. The van der Waals surface area contributed by atoms with E-state index in [2.05, 4.69) is 24.0 Å². The average molecular weight is 231 g/mol. The van der Waals surface area contributed by atoms with Crippen LogP contribution in [0.2, 0.25) is 0 Å². The number of amides is 1. The van der Waals surface area contributed by atoms with Gasteiger partial charge in [-0.3, -0.25) is 4.79 Å². The largest absolute Gasteiger partial charge is 0.368 e. The number of hydrogen-bond acceptors (Lipinski definition) is 2. The van der Waals surface area contributed by atoms with Crippen LogP contribution >= 0.6 is 0 Å². The van der Waals surface area contributed by atoms with Crippen LogP contribution in [-0.2, 0) is 9.53 Å². The molecular formula is C14H17NO2. The summed E-state index contributed by atoms with van der Waals surface area (Å²) in [5, 5.41) is 2.76. The Labute approximate surface area is 101 Å². The zero-order valence-electron chi connectivity index (χ0n) is 9.76. The van der Waals surface area contributed by atoms with Gasteiger partial charge in [-0.05, 0) is 24.5 Å². The Morgan fingerprint density at radius 1 is 1.41 bits per heavy atom. The Morgan fingerprint density at radius 3 is 2.88 bits per heavy atom. The van der Waals surface area contributed by atoms with E-state index in [0.29, 0.717) is 6.54 Å². The number of hydrogen-bond donors (Lipinski definition) is 1. The quantitative estimate of drug-likeness (QED) is 0.807. The van der Waals surface area contributed by atoms with Gasteiger partial charge < -0.3 is 10.1 Å². The van der Waals surface area contributed by atoms with Crippen LogP contribution in [0.3, 0.4) is 0 Å². The molecular weight excluding hydrogens is 214 g/mol. The fraction of sp³-hybridized carbons (Fsp3) is 0.357. The van der Waals surface area contributed by atoms with Crippen molar-refractivity contribution >= 4 is 5.91 Å². The predicted octanol–water partition coefficient (Wildman–Crippen LogP) is 2.21. The molecule has 2 atom stereocenters. The Balaban J connectivity index is 1.84. The van der Waals surface area contributed by atoms with Crippen molar-refractivity contribution in [1.29, 1.82) is 0 Å². The molecule has 3 nitrogen and oxygen atoms in total. The van der Waals surface area contributed by atoms with Crippen molar-refractivity contribution in [1.82, 2.24) is 5.32 Å². The summed E-state index contributed by atoms with van der Waals surface area (Å²) >= 11 is 0. The number of carbonyl (C=O) groups excluding carboxylic acids is 1. The van der Waals surface area contributed by atoms with Crippen molar-refractivity contribution in [3.05, 3.63) is 48.6 Å². The van der Waals surface area contributed by atoms with Crippen LogP contribution in [0.25, 0.3) is 0 Å². The summed E-state index contributed by atoms with van der Waals surface area (Å²) in [5.41, 5.74) is 1.21. The molecule has 0 radical (unpaired) electrons. The van der Waals surface area contributed by atoms with Crippen molar-refractivity contribution in [3.8, 4) is 0 Å². The first-order chi connectivity index (χ1) is 8.29. The summed E-state index contributed by atoms with van der Waals surface area (Å²) in [6.45, 7) is 3.98. The fourth-order valence-corrected chi connectivity index (χ4v) is 2.06. The number of benzene rings is 1. The molecule has 90 valence electrons. The molecule has 1 aromatic rings. The Kier molecular flexibility index (Phi) is 3.94. The highest BCUT2D eigenvalue weighted by molar-refractivity contribution is 5.86. The van der Waals surface area contributed by atoms with E-state index in [1.807, 2.05) is 18.2 Å². The molecule has 1 fully saturated rings. The smallest absolute Gasteiger partial charge is 0.243 e. The minimum atomic E-state index is -0.142. The van der Waals surface area contributed by atoms with E-state index < -0.39 is 0 Å². The second-order valence-corrected chi connectivity index (χ2v) is 4.18. The van der Waals surface area contributed by atoms with Crippen LogP contribution < -0.4 is 5.32 Å². The van der Waals surface area contributed by atoms with Crippen LogP contribution in [0.1, 0.15) is 24.5 Å². The molecule has 1 N–H and O–H groups in total. The first-order valence-corrected chi connectivity index (χ1v) is 5.90. The molecule has 1 saturated heterocycles. The van der Waals surface area contributed by atoms with Crippen molar-refractivity contribution in [3.63, 3.8) is 0 Å². The standard InChI is InChI=1S/C14H17NO2/c1-2-14(16)15-10-12-8-9-13(17-12)11-6-4-3-5-7-11/h2-7,12-13H,1,8-10H2,(H,15,16)/t12-,13?/m1/s1. The minimum absolute atomic E-state index is 0.115. The fourth-order valence-electron chi connectivity index (χ4n) is 2.06. The van der Waals surface area contributed by atoms with E-state index in [1.165, 1.54) is 11.6 Å². The zero-order valence-corrected chi connectivity index (χ0v) is 9.76. The number of rotatable bonds is 4. The normalized spacial score (nSPS) is 23.3. The van der Waals surface area contributed by atoms with Gasteiger partial charge in [0.15, 0.2) is 0 Å². The monoisotopic (exact) mass is 231 g/mol. The molecule has 1 aromatic carbocycles. The molecule has 3 heteroatoms. The van der Waals surface area contributed by atoms with E-state index in [1.54, 1.807) is 0 Å². The zero-order chi connectivity index (χ0) is 12.1. The summed E-state index contributed by atoms with van der Waals surface area (Å²) in [4.78, 5) is 11.0. The van der Waals surface area contributed by atoms with Crippen LogP contribution in [0, 0.1) is 0 Å². The highest BCUT2D eigenvalue weighted by Crippen LogP contribution is 2.32. The molecule has 0 aliphatic carbocycles. The van der Waals surface area contributed by atoms with Gasteiger partial charge in [0, 0.05) is 6.54 Å². The highest BCUT2D eigenvalue weighted by Gasteiger charge is 2.26. The third-order valence-electron chi connectivity index (χ3n) is 2.97. The van der Waals surface area contributed by atoms with Crippen molar-refractivity contribution in [2.24, 2.45) is 0 Å². The van der Waals surface area contributed by atoms with Crippen LogP contribution in [-0.4, -0.2) is 18.6 Å². The molecule has 1 heterocycles. The minimum Gasteiger partial charge on any atom is -0.368 e. The summed E-state index contributed by atoms with van der Waals surface area (Å²) in [7, 11) is 0. The molecule has 0 aromatic heterocycles. The Morgan fingerprint density at radius 2 is 2.18 bits per heavy atom. The lowest BCUT2D eigenvalue weighted by Gasteiger charge is -2.14. The summed E-state index contributed by atoms with van der Waals surface area (Å²) < 4.78 is 5.89. The molecule has 2 rings (SSSR count). The predicted molar refractivity (Wildman–Crippen MR) is 66.5 cm³/mol. The van der Waals surface area contributed by atoms with Gasteiger partial charge in [-0.25, -0.2) is 0 Å². The van der Waals surface area contributed by atoms with E-state index >= 15 is 0 Å². The third-order valence-corrected chi connectivity index (χ3v) is 2.97. The van der Waals surface area contributed by atoms with Crippen molar-refractivity contribution in [2.75, 3.05) is 6.54 Å². The van der Waals surface area contributed by atoms with Gasteiger partial charge in [0.25, 0.3) is 0 Å². The molecule has 1 aliphatic rings. The molecule has 1 aliphatic heterocycles. The number of nitrogens with one attached hydrogen (secondary N) is 1. The molecule has 0 bridgehead atoms. The maximum atomic E-state index is 11.0. The summed E-state index contributed by atoms with van der Waals surface area (Å²) in [6.07, 6.45) is 3.56. The van der Waals surface area contributed by atoms with Gasteiger partial charge in [0.1, 0.15) is 0 Å². The Hall–Kier alpha value is -1.61. The second-order valence-electron chi connectivity index (χ2n) is 4.18. The molecule has 17 heavy (non-hydrogen) atoms. The number of ether oxygens (including phenoxy) is 1. The van der Waals surface area contributed by atoms with Gasteiger partial charge in [-0.2, -0.15) is 0 Å². The second kappa shape index (κ2) is 5.64. The third kappa shape index (κ3) is 3.17. The Bertz CT molecular complexity index is 388. The van der Waals surface area contributed by atoms with E-state index in [-0.39, 0.29) is 18.1 Å². The lowest BCUT2D eigenvalue weighted by molar-refractivity contribution is -0.117. The SMILES string of the molecule is C=CC(=O)NC[C@H]1CCC(c2ccccc2)O1. The van der Waals surface area contributed by atoms with Gasteiger partial charge in [-0.15, -0.1) is 0 Å². The molecule has 1 unspecified atom stereocenters. The van der Waals surface area contributed by atoms with Crippen LogP contribution in [0.4, 0.5) is 0 Å². The lowest BCUT2D eigenvalue weighted by atomic mass is 10.1. The summed E-state index contributed by atoms with van der Waals surface area (Å²) in [6, 6.07) is 10.2. The highest BCUT2D eigenvalue weighted by atomic mass is 16.5. The lowest BCUT2D eigenvalue weighted by Crippen LogP contribution is -2.30. The van der Waals surface area contributed by atoms with Crippen molar-refractivity contribution in [2.45, 2.75) is 25.0 Å². The maximum absolute atomic E-state index is 11.0. The molecule has 0 saturated carbocycles. The van der Waals surface area contributed by atoms with E-state index in [9.17, 15) is 4.79 Å². The van der Waals surface area contributed by atoms with E-state index in [0.717, 1.165) is 12.8 Å². The maximum Gasteiger partial charge on any atom is 0.243 e. The van der Waals surface area contributed by atoms with Gasteiger partial charge in [-0.1, -0.05) is 36.9 Å². The number of carbonyl (C=O) groups is 1. The van der Waals surface area contributed by atoms with Crippen LogP contribution in [0.15, 0.2) is 43.0 Å². The first kappa shape index (κ1) is 11.9. The van der Waals surface area contributed by atoms with Crippen molar-refractivity contribution < 1.29 is 9.53 Å². The summed E-state index contributed by atoms with van der Waals surface area (Å²) in [5.74, 6) is -0.142. The topological polar surface area (TPSA) is 38.3 Å². The van der Waals surface area contributed by atoms with Gasteiger partial charge >= 0.3 is 0 Å². The molecule has 0 spiro atoms. The van der Waals surface area contributed by atoms with Gasteiger partial charge in [0.05, 0.1) is 12.2 Å². The van der Waals surface area contributed by atoms with Gasteiger partial charge in [0.2, 0.25) is 5.91 Å². The van der Waals surface area contributed by atoms with E-state index in [4.69, 9.17) is 4.74 Å². The van der Waals surface area contributed by atoms with Crippen LogP contribution in [0.5, 0.6) is 0 Å². The average Bonchev–Trinajstić information content (AvgIpc) is 2.86.